The fourth-order valence-corrected chi connectivity index (χ4v) is 4.16. The van der Waals surface area contributed by atoms with Crippen LogP contribution in [0, 0.1) is 0 Å². The van der Waals surface area contributed by atoms with E-state index in [1.807, 2.05) is 0 Å². The Kier molecular flexibility index (Phi) is 12.3. The molecule has 0 aliphatic carbocycles. The molecule has 0 saturated carbocycles. The number of para-hydroxylation sites is 1. The number of carboxylic acids is 1. The van der Waals surface area contributed by atoms with E-state index in [0.717, 1.165) is 12.8 Å². The Morgan fingerprint density at radius 1 is 0.690 bits per heavy atom. The summed E-state index contributed by atoms with van der Waals surface area (Å²) in [4.78, 5) is 14.0. The second kappa shape index (κ2) is 15.1. The van der Waals surface area contributed by atoms with Gasteiger partial charge >= 0.3 is 5.97 Å². The molecule has 0 saturated heterocycles. The highest BCUT2D eigenvalue weighted by molar-refractivity contribution is 5.80. The van der Waals surface area contributed by atoms with Gasteiger partial charge in [-0.15, -0.1) is 0 Å². The maximum Gasteiger partial charge on any atom is 0.303 e. The molecule has 29 heavy (non-hydrogen) atoms. The third-order valence-corrected chi connectivity index (χ3v) is 5.92. The third-order valence-electron chi connectivity index (χ3n) is 5.92. The van der Waals surface area contributed by atoms with Gasteiger partial charge in [0.05, 0.1) is 0 Å². The molecule has 0 radical (unpaired) electrons. The van der Waals surface area contributed by atoms with Gasteiger partial charge in [-0.3, -0.25) is 4.79 Å². The van der Waals surface area contributed by atoms with E-state index in [1.54, 1.807) is 0 Å². The minimum Gasteiger partial charge on any atom is -0.481 e. The smallest absolute Gasteiger partial charge is 0.303 e. The standard InChI is InChI=1S/C26H41NO2/c28-26(29)21-15-13-11-9-7-5-3-1-2-4-6-8-10-12-14-19-24-22-23-18-16-17-20-25(23)27-24/h16-18,20,22,27H,1-15,19,21H2,(H,28,29). The van der Waals surface area contributed by atoms with E-state index in [-0.39, 0.29) is 0 Å². The van der Waals surface area contributed by atoms with Crippen LogP contribution in [-0.4, -0.2) is 16.1 Å². The van der Waals surface area contributed by atoms with Gasteiger partial charge < -0.3 is 10.1 Å². The number of rotatable bonds is 18. The summed E-state index contributed by atoms with van der Waals surface area (Å²) in [5.74, 6) is -0.657. The molecule has 1 aromatic carbocycles. The topological polar surface area (TPSA) is 53.1 Å². The van der Waals surface area contributed by atoms with Crippen molar-refractivity contribution in [3.05, 3.63) is 36.0 Å². The summed E-state index contributed by atoms with van der Waals surface area (Å²) in [5, 5.41) is 9.93. The van der Waals surface area contributed by atoms with E-state index in [4.69, 9.17) is 5.11 Å². The highest BCUT2D eigenvalue weighted by Crippen LogP contribution is 2.17. The van der Waals surface area contributed by atoms with Gasteiger partial charge in [0.15, 0.2) is 0 Å². The summed E-state index contributed by atoms with van der Waals surface area (Å²) in [6.07, 6.45) is 21.0. The molecule has 3 heteroatoms. The predicted octanol–water partition coefficient (Wildman–Crippen LogP) is 8.04. The minimum atomic E-state index is -0.657. The molecule has 0 spiro atoms. The predicted molar refractivity (Wildman–Crippen MR) is 124 cm³/mol. The van der Waals surface area contributed by atoms with Gasteiger partial charge in [-0.25, -0.2) is 0 Å². The molecular formula is C26H41NO2. The first kappa shape index (κ1) is 23.5. The molecule has 0 aliphatic rings. The Balaban J connectivity index is 1.29. The van der Waals surface area contributed by atoms with Gasteiger partial charge in [-0.2, -0.15) is 0 Å². The van der Waals surface area contributed by atoms with E-state index in [1.165, 1.54) is 106 Å². The van der Waals surface area contributed by atoms with E-state index in [0.29, 0.717) is 6.42 Å². The van der Waals surface area contributed by atoms with Crippen LogP contribution in [0.25, 0.3) is 10.9 Å². The number of benzene rings is 1. The van der Waals surface area contributed by atoms with Crippen LogP contribution < -0.4 is 0 Å². The van der Waals surface area contributed by atoms with E-state index in [2.05, 4.69) is 35.3 Å². The van der Waals surface area contributed by atoms with Gasteiger partial charge in [0.1, 0.15) is 0 Å². The summed E-state index contributed by atoms with van der Waals surface area (Å²) < 4.78 is 0. The zero-order valence-corrected chi connectivity index (χ0v) is 18.3. The first-order chi connectivity index (χ1) is 14.3. The summed E-state index contributed by atoms with van der Waals surface area (Å²) in [6, 6.07) is 10.8. The fourth-order valence-electron chi connectivity index (χ4n) is 4.16. The molecule has 0 unspecified atom stereocenters. The minimum absolute atomic E-state index is 0.337. The number of hydrogen-bond acceptors (Lipinski definition) is 1. The molecule has 2 rings (SSSR count). The number of nitrogens with one attached hydrogen (secondary N) is 1. The number of carboxylic acid groups (broad SMARTS) is 1. The molecule has 2 N–H and O–H groups in total. The van der Waals surface area contributed by atoms with Crippen molar-refractivity contribution in [1.29, 1.82) is 0 Å². The van der Waals surface area contributed by atoms with Crippen molar-refractivity contribution in [2.24, 2.45) is 0 Å². The lowest BCUT2D eigenvalue weighted by Crippen LogP contribution is -1.93. The van der Waals surface area contributed by atoms with Crippen molar-refractivity contribution in [1.82, 2.24) is 4.98 Å². The highest BCUT2D eigenvalue weighted by atomic mass is 16.4. The molecule has 3 nitrogen and oxygen atoms in total. The molecule has 2 aromatic rings. The average Bonchev–Trinajstić information content (AvgIpc) is 3.13. The SMILES string of the molecule is O=C(O)CCCCCCCCCCCCCCCCCc1cc2ccccc2[nH]1. The number of unbranched alkanes of at least 4 members (excludes halogenated alkanes) is 14. The van der Waals surface area contributed by atoms with Crippen LogP contribution in [-0.2, 0) is 11.2 Å². The quantitative estimate of drug-likeness (QED) is 0.249. The second-order valence-electron chi connectivity index (χ2n) is 8.58. The lowest BCUT2D eigenvalue weighted by molar-refractivity contribution is -0.137. The van der Waals surface area contributed by atoms with Crippen LogP contribution in [0.1, 0.15) is 108 Å². The maximum absolute atomic E-state index is 10.4. The molecule has 0 amide bonds. The maximum atomic E-state index is 10.4. The van der Waals surface area contributed by atoms with Crippen molar-refractivity contribution in [3.63, 3.8) is 0 Å². The normalized spacial score (nSPS) is 11.3. The zero-order valence-electron chi connectivity index (χ0n) is 18.3. The number of hydrogen-bond donors (Lipinski definition) is 2. The van der Waals surface area contributed by atoms with Crippen molar-refractivity contribution < 1.29 is 9.90 Å². The van der Waals surface area contributed by atoms with Gasteiger partial charge in [0.2, 0.25) is 0 Å². The Morgan fingerprint density at radius 3 is 1.69 bits per heavy atom. The van der Waals surface area contributed by atoms with E-state index >= 15 is 0 Å². The van der Waals surface area contributed by atoms with Crippen LogP contribution in [0.2, 0.25) is 0 Å². The Labute approximate surface area is 177 Å². The van der Waals surface area contributed by atoms with Crippen molar-refractivity contribution in [2.75, 3.05) is 0 Å². The van der Waals surface area contributed by atoms with Crippen LogP contribution >= 0.6 is 0 Å². The molecular weight excluding hydrogens is 358 g/mol. The number of aryl methyl sites for hydroxylation is 1. The van der Waals surface area contributed by atoms with Gasteiger partial charge in [-0.05, 0) is 36.8 Å². The monoisotopic (exact) mass is 399 g/mol. The average molecular weight is 400 g/mol. The van der Waals surface area contributed by atoms with E-state index in [9.17, 15) is 4.79 Å². The first-order valence-electron chi connectivity index (χ1n) is 12.0. The number of fused-ring (bicyclic) bond motifs is 1. The Morgan fingerprint density at radius 2 is 1.17 bits per heavy atom. The lowest BCUT2D eigenvalue weighted by Gasteiger charge is -2.03. The van der Waals surface area contributed by atoms with Crippen molar-refractivity contribution in [2.45, 2.75) is 109 Å². The molecule has 1 heterocycles. The largest absolute Gasteiger partial charge is 0.481 e. The molecule has 0 aliphatic heterocycles. The summed E-state index contributed by atoms with van der Waals surface area (Å²) in [5.41, 5.74) is 2.64. The van der Waals surface area contributed by atoms with Crippen LogP contribution in [0.5, 0.6) is 0 Å². The van der Waals surface area contributed by atoms with Crippen molar-refractivity contribution >= 4 is 16.9 Å². The highest BCUT2D eigenvalue weighted by Gasteiger charge is 2.00. The number of aliphatic carboxylic acids is 1. The van der Waals surface area contributed by atoms with Gasteiger partial charge in [0.25, 0.3) is 0 Å². The molecule has 1 aromatic heterocycles. The first-order valence-corrected chi connectivity index (χ1v) is 12.0. The molecule has 0 fully saturated rings. The van der Waals surface area contributed by atoms with Crippen LogP contribution in [0.3, 0.4) is 0 Å². The summed E-state index contributed by atoms with van der Waals surface area (Å²) >= 11 is 0. The molecule has 0 bridgehead atoms. The van der Waals surface area contributed by atoms with Crippen molar-refractivity contribution in [3.8, 4) is 0 Å². The number of aromatic nitrogens is 1. The lowest BCUT2D eigenvalue weighted by atomic mass is 10.0. The number of carbonyl (C=O) groups is 1. The third kappa shape index (κ3) is 11.1. The van der Waals surface area contributed by atoms with E-state index < -0.39 is 5.97 Å². The van der Waals surface area contributed by atoms with Crippen LogP contribution in [0.4, 0.5) is 0 Å². The van der Waals surface area contributed by atoms with Gasteiger partial charge in [-0.1, -0.05) is 102 Å². The molecule has 162 valence electrons. The summed E-state index contributed by atoms with van der Waals surface area (Å²) in [6.45, 7) is 0. The summed E-state index contributed by atoms with van der Waals surface area (Å²) in [7, 11) is 0. The molecule has 0 atom stereocenters. The van der Waals surface area contributed by atoms with Crippen LogP contribution in [0.15, 0.2) is 30.3 Å². The number of H-pyrrole nitrogens is 1. The zero-order chi connectivity index (χ0) is 20.6. The Bertz CT molecular complexity index is 643. The Hall–Kier alpha value is -1.77. The van der Waals surface area contributed by atoms with Gasteiger partial charge in [0, 0.05) is 17.6 Å². The fraction of sp³-hybridized carbons (Fsp3) is 0.654. The second-order valence-corrected chi connectivity index (χ2v) is 8.58. The number of aromatic amines is 1.